The van der Waals surface area contributed by atoms with Crippen molar-refractivity contribution in [2.45, 2.75) is 46.5 Å². The van der Waals surface area contributed by atoms with Crippen LogP contribution in [-0.4, -0.2) is 31.2 Å². The Labute approximate surface area is 117 Å². The lowest BCUT2D eigenvalue weighted by atomic mass is 9.74. The molecule has 1 aromatic rings. The van der Waals surface area contributed by atoms with Crippen LogP contribution >= 0.6 is 0 Å². The summed E-state index contributed by atoms with van der Waals surface area (Å²) in [6, 6.07) is 1.94. The summed E-state index contributed by atoms with van der Waals surface area (Å²) in [5.41, 5.74) is 1.26. The predicted octanol–water partition coefficient (Wildman–Crippen LogP) is 3.27. The van der Waals surface area contributed by atoms with E-state index in [1.54, 1.807) is 7.11 Å². The van der Waals surface area contributed by atoms with Crippen LogP contribution in [-0.2, 0) is 5.41 Å². The Hall–Kier alpha value is -1.32. The Morgan fingerprint density at radius 2 is 1.68 bits per heavy atom. The molecule has 0 atom stereocenters. The number of aromatic nitrogens is 2. The van der Waals surface area contributed by atoms with Crippen molar-refractivity contribution < 1.29 is 4.74 Å². The normalized spacial score (nSPS) is 12.4. The first-order chi connectivity index (χ1) is 8.55. The third-order valence-electron chi connectivity index (χ3n) is 2.97. The Bertz CT molecular complexity index is 434. The monoisotopic (exact) mass is 265 g/mol. The molecule has 0 fully saturated rings. The topological polar surface area (TPSA) is 38.2 Å². The molecule has 19 heavy (non-hydrogen) atoms. The van der Waals surface area contributed by atoms with Gasteiger partial charge in [0.1, 0.15) is 0 Å². The average molecular weight is 265 g/mol. The zero-order valence-corrected chi connectivity index (χ0v) is 13.5. The largest absolute Gasteiger partial charge is 0.481 e. The zero-order valence-electron chi connectivity index (χ0n) is 13.5. The highest BCUT2D eigenvalue weighted by Gasteiger charge is 2.29. The molecule has 0 aliphatic carbocycles. The summed E-state index contributed by atoms with van der Waals surface area (Å²) in [4.78, 5) is 10.9. The number of rotatable bonds is 4. The van der Waals surface area contributed by atoms with E-state index in [4.69, 9.17) is 4.74 Å². The molecule has 0 saturated carbocycles. The van der Waals surface area contributed by atoms with E-state index >= 15 is 0 Å². The highest BCUT2D eigenvalue weighted by molar-refractivity contribution is 5.35. The standard InChI is InChI=1S/C15H27N3O/c1-14(2,3)10-15(4,5)11-9-12(19-8)17-13(16-11)18(6)7/h9H,10H2,1-8H3. The van der Waals surface area contributed by atoms with Crippen LogP contribution in [0.4, 0.5) is 5.95 Å². The Kier molecular flexibility index (Phi) is 4.43. The molecule has 0 N–H and O–H groups in total. The van der Waals surface area contributed by atoms with Crippen molar-refractivity contribution in [3.05, 3.63) is 11.8 Å². The van der Waals surface area contributed by atoms with Gasteiger partial charge >= 0.3 is 0 Å². The second-order valence-corrected chi connectivity index (χ2v) is 7.11. The highest BCUT2D eigenvalue weighted by Crippen LogP contribution is 2.36. The van der Waals surface area contributed by atoms with E-state index in [-0.39, 0.29) is 10.8 Å². The molecule has 0 aromatic carbocycles. The lowest BCUT2D eigenvalue weighted by Gasteiger charge is -2.32. The molecule has 0 spiro atoms. The fourth-order valence-electron chi connectivity index (χ4n) is 2.48. The molecule has 0 radical (unpaired) electrons. The zero-order chi connectivity index (χ0) is 14.8. The fraction of sp³-hybridized carbons (Fsp3) is 0.733. The second kappa shape index (κ2) is 5.35. The maximum absolute atomic E-state index is 5.29. The van der Waals surface area contributed by atoms with Gasteiger partial charge in [-0.3, -0.25) is 0 Å². The maximum atomic E-state index is 5.29. The van der Waals surface area contributed by atoms with Crippen LogP contribution in [0.3, 0.4) is 0 Å². The number of hydrogen-bond donors (Lipinski definition) is 0. The summed E-state index contributed by atoms with van der Waals surface area (Å²) in [5.74, 6) is 1.31. The molecule has 0 amide bonds. The van der Waals surface area contributed by atoms with E-state index in [0.29, 0.717) is 11.8 Å². The predicted molar refractivity (Wildman–Crippen MR) is 80.0 cm³/mol. The Balaban J connectivity index is 3.21. The summed E-state index contributed by atoms with van der Waals surface area (Å²) in [6.07, 6.45) is 1.05. The molecular formula is C15H27N3O. The van der Waals surface area contributed by atoms with E-state index in [9.17, 15) is 0 Å². The van der Waals surface area contributed by atoms with Gasteiger partial charge in [-0.15, -0.1) is 0 Å². The van der Waals surface area contributed by atoms with Gasteiger partial charge in [-0.1, -0.05) is 34.6 Å². The minimum atomic E-state index is -0.0147. The number of hydrogen-bond acceptors (Lipinski definition) is 4. The second-order valence-electron chi connectivity index (χ2n) is 7.11. The summed E-state index contributed by atoms with van der Waals surface area (Å²) in [7, 11) is 5.52. The molecule has 0 aliphatic heterocycles. The summed E-state index contributed by atoms with van der Waals surface area (Å²) in [5, 5.41) is 0. The van der Waals surface area contributed by atoms with Gasteiger partial charge in [0.2, 0.25) is 11.8 Å². The van der Waals surface area contributed by atoms with E-state index in [1.165, 1.54) is 0 Å². The van der Waals surface area contributed by atoms with Gasteiger partial charge in [0.05, 0.1) is 12.8 Å². The number of ether oxygens (including phenoxy) is 1. The number of methoxy groups -OCH3 is 1. The summed E-state index contributed by atoms with van der Waals surface area (Å²) in [6.45, 7) is 11.2. The van der Waals surface area contributed by atoms with Gasteiger partial charge in [-0.2, -0.15) is 4.98 Å². The number of anilines is 1. The van der Waals surface area contributed by atoms with Crippen molar-refractivity contribution >= 4 is 5.95 Å². The molecular weight excluding hydrogens is 238 g/mol. The van der Waals surface area contributed by atoms with E-state index in [2.05, 4.69) is 44.6 Å². The summed E-state index contributed by atoms with van der Waals surface area (Å²) < 4.78 is 5.29. The van der Waals surface area contributed by atoms with Gasteiger partial charge in [0.25, 0.3) is 0 Å². The maximum Gasteiger partial charge on any atom is 0.228 e. The SMILES string of the molecule is COc1cc(C(C)(C)CC(C)(C)C)nc(N(C)C)n1. The van der Waals surface area contributed by atoms with Crippen LogP contribution in [0.25, 0.3) is 0 Å². The van der Waals surface area contributed by atoms with Gasteiger partial charge in [-0.25, -0.2) is 4.98 Å². The van der Waals surface area contributed by atoms with Crippen molar-refractivity contribution in [2.24, 2.45) is 5.41 Å². The molecule has 1 aromatic heterocycles. The minimum absolute atomic E-state index is 0.0147. The molecule has 4 heteroatoms. The first kappa shape index (κ1) is 15.7. The first-order valence-corrected chi connectivity index (χ1v) is 6.66. The molecule has 1 rings (SSSR count). The van der Waals surface area contributed by atoms with Crippen molar-refractivity contribution in [1.29, 1.82) is 0 Å². The summed E-state index contributed by atoms with van der Waals surface area (Å²) >= 11 is 0. The lowest BCUT2D eigenvalue weighted by Crippen LogP contribution is -2.27. The lowest BCUT2D eigenvalue weighted by molar-refractivity contribution is 0.278. The van der Waals surface area contributed by atoms with Crippen molar-refractivity contribution in [3.63, 3.8) is 0 Å². The Morgan fingerprint density at radius 1 is 1.11 bits per heavy atom. The van der Waals surface area contributed by atoms with Crippen molar-refractivity contribution in [3.8, 4) is 5.88 Å². The van der Waals surface area contributed by atoms with Gasteiger partial charge < -0.3 is 9.64 Å². The van der Waals surface area contributed by atoms with Crippen LogP contribution in [0.2, 0.25) is 0 Å². The van der Waals surface area contributed by atoms with E-state index in [1.807, 2.05) is 25.1 Å². The van der Waals surface area contributed by atoms with Crippen LogP contribution in [0, 0.1) is 5.41 Å². The quantitative estimate of drug-likeness (QED) is 0.837. The van der Waals surface area contributed by atoms with Crippen molar-refractivity contribution in [1.82, 2.24) is 9.97 Å². The minimum Gasteiger partial charge on any atom is -0.481 e. The first-order valence-electron chi connectivity index (χ1n) is 6.66. The fourth-order valence-corrected chi connectivity index (χ4v) is 2.48. The molecule has 0 aliphatic rings. The molecule has 108 valence electrons. The van der Waals surface area contributed by atoms with Gasteiger partial charge in [0.15, 0.2) is 0 Å². The molecule has 1 heterocycles. The average Bonchev–Trinajstić information content (AvgIpc) is 2.25. The van der Waals surface area contributed by atoms with E-state index in [0.717, 1.165) is 12.1 Å². The third-order valence-corrected chi connectivity index (χ3v) is 2.97. The molecule has 0 saturated heterocycles. The molecule has 4 nitrogen and oxygen atoms in total. The Morgan fingerprint density at radius 3 is 2.11 bits per heavy atom. The molecule has 0 bridgehead atoms. The van der Waals surface area contributed by atoms with Crippen LogP contribution in [0.15, 0.2) is 6.07 Å². The number of nitrogens with zero attached hydrogens (tertiary/aromatic N) is 3. The van der Waals surface area contributed by atoms with Crippen LogP contribution in [0.5, 0.6) is 5.88 Å². The smallest absolute Gasteiger partial charge is 0.228 e. The van der Waals surface area contributed by atoms with Crippen LogP contribution < -0.4 is 9.64 Å². The van der Waals surface area contributed by atoms with Gasteiger partial charge in [0, 0.05) is 25.6 Å². The highest BCUT2D eigenvalue weighted by atomic mass is 16.5. The van der Waals surface area contributed by atoms with Crippen molar-refractivity contribution in [2.75, 3.05) is 26.1 Å². The van der Waals surface area contributed by atoms with E-state index < -0.39 is 0 Å². The third kappa shape index (κ3) is 4.37. The van der Waals surface area contributed by atoms with Crippen LogP contribution in [0.1, 0.15) is 46.7 Å². The van der Waals surface area contributed by atoms with Gasteiger partial charge in [-0.05, 0) is 11.8 Å². The molecule has 0 unspecified atom stereocenters.